The van der Waals surface area contributed by atoms with Crippen molar-refractivity contribution >= 4 is 17.2 Å². The molecule has 0 aliphatic heterocycles. The van der Waals surface area contributed by atoms with Gasteiger partial charge in [0, 0.05) is 26.6 Å². The smallest absolute Gasteiger partial charge is 0.0740 e. The second-order valence-electron chi connectivity index (χ2n) is 4.21. The molecule has 0 atom stereocenters. The van der Waals surface area contributed by atoms with Crippen molar-refractivity contribution in [2.24, 2.45) is 5.73 Å². The number of hydrogen-bond donors (Lipinski definition) is 1. The predicted octanol–water partition coefficient (Wildman–Crippen LogP) is 0.563. The Kier molecular flexibility index (Phi) is 9.82. The fourth-order valence-electron chi connectivity index (χ4n) is 1.43. The van der Waals surface area contributed by atoms with E-state index in [1.165, 1.54) is 0 Å². The first-order valence-electron chi connectivity index (χ1n) is 5.70. The molecule has 0 spiro atoms. The second-order valence-corrected chi connectivity index (χ2v) is 4.73. The summed E-state index contributed by atoms with van der Waals surface area (Å²) in [5.74, 6) is 0. The van der Waals surface area contributed by atoms with E-state index >= 15 is 0 Å². The molecule has 0 aliphatic carbocycles. The van der Waals surface area contributed by atoms with Crippen LogP contribution in [0.2, 0.25) is 0 Å². The van der Waals surface area contributed by atoms with Gasteiger partial charge < -0.3 is 20.3 Å². The van der Waals surface area contributed by atoms with E-state index in [1.807, 2.05) is 0 Å². The zero-order valence-corrected chi connectivity index (χ0v) is 11.6. The molecule has 4 nitrogen and oxygen atoms in total. The van der Waals surface area contributed by atoms with Gasteiger partial charge in [-0.3, -0.25) is 0 Å². The number of thiocarbonyl (C=S) groups is 1. The third kappa shape index (κ3) is 10.3. The summed E-state index contributed by atoms with van der Waals surface area (Å²) in [4.78, 5) is 5.14. The van der Waals surface area contributed by atoms with Gasteiger partial charge in [0.2, 0.25) is 0 Å². The molecule has 0 fully saturated rings. The Morgan fingerprint density at radius 1 is 1.19 bits per heavy atom. The first-order valence-corrected chi connectivity index (χ1v) is 6.11. The van der Waals surface area contributed by atoms with E-state index in [0.29, 0.717) is 4.99 Å². The molecule has 5 heteroatoms. The largest absolute Gasteiger partial charge is 0.393 e. The molecule has 0 unspecified atom stereocenters. The average Bonchev–Trinajstić information content (AvgIpc) is 2.20. The summed E-state index contributed by atoms with van der Waals surface area (Å²) >= 11 is 4.89. The number of nitrogens with two attached hydrogens (primary N) is 1. The van der Waals surface area contributed by atoms with Crippen LogP contribution in [0.25, 0.3) is 0 Å². The molecule has 0 aliphatic rings. The molecule has 0 aromatic carbocycles. The van der Waals surface area contributed by atoms with Gasteiger partial charge in [-0.05, 0) is 33.6 Å². The molecule has 0 rings (SSSR count). The molecule has 0 radical (unpaired) electrons. The van der Waals surface area contributed by atoms with Gasteiger partial charge >= 0.3 is 0 Å². The predicted molar refractivity (Wildman–Crippen MR) is 72.9 cm³/mol. The van der Waals surface area contributed by atoms with E-state index in [1.54, 1.807) is 7.11 Å². The van der Waals surface area contributed by atoms with Gasteiger partial charge in [0.1, 0.15) is 0 Å². The zero-order valence-electron chi connectivity index (χ0n) is 10.7. The van der Waals surface area contributed by atoms with Crippen molar-refractivity contribution in [2.45, 2.75) is 12.8 Å². The van der Waals surface area contributed by atoms with Crippen LogP contribution in [0, 0.1) is 0 Å². The monoisotopic (exact) mass is 247 g/mol. The Labute approximate surface area is 105 Å². The SMILES string of the molecule is COCCN(CCCN(C)C)CCC(N)=S. The van der Waals surface area contributed by atoms with Gasteiger partial charge in [0.25, 0.3) is 0 Å². The Balaban J connectivity index is 3.75. The highest BCUT2D eigenvalue weighted by Crippen LogP contribution is 1.96. The Morgan fingerprint density at radius 3 is 2.38 bits per heavy atom. The third-order valence-electron chi connectivity index (χ3n) is 2.37. The van der Waals surface area contributed by atoms with Crippen LogP contribution in [0.4, 0.5) is 0 Å². The highest BCUT2D eigenvalue weighted by molar-refractivity contribution is 7.80. The summed E-state index contributed by atoms with van der Waals surface area (Å²) in [5, 5.41) is 0. The molecule has 2 N–H and O–H groups in total. The van der Waals surface area contributed by atoms with Crippen LogP contribution in [-0.2, 0) is 4.74 Å². The first-order chi connectivity index (χ1) is 7.56. The molecule has 0 saturated heterocycles. The normalized spacial score (nSPS) is 11.3. The lowest BCUT2D eigenvalue weighted by Gasteiger charge is -2.22. The van der Waals surface area contributed by atoms with Gasteiger partial charge in [-0.25, -0.2) is 0 Å². The van der Waals surface area contributed by atoms with Crippen molar-refractivity contribution in [3.8, 4) is 0 Å². The van der Waals surface area contributed by atoms with Crippen molar-refractivity contribution in [3.05, 3.63) is 0 Å². The average molecular weight is 247 g/mol. The number of ether oxygens (including phenoxy) is 1. The highest BCUT2D eigenvalue weighted by atomic mass is 32.1. The van der Waals surface area contributed by atoms with Crippen LogP contribution >= 0.6 is 12.2 Å². The van der Waals surface area contributed by atoms with E-state index in [9.17, 15) is 0 Å². The maximum atomic E-state index is 5.51. The summed E-state index contributed by atoms with van der Waals surface area (Å²) in [6, 6.07) is 0. The molecule has 0 aromatic heterocycles. The van der Waals surface area contributed by atoms with Crippen LogP contribution in [0.5, 0.6) is 0 Å². The van der Waals surface area contributed by atoms with E-state index in [-0.39, 0.29) is 0 Å². The lowest BCUT2D eigenvalue weighted by molar-refractivity contribution is 0.146. The van der Waals surface area contributed by atoms with Gasteiger partial charge in [-0.15, -0.1) is 0 Å². The van der Waals surface area contributed by atoms with E-state index in [2.05, 4.69) is 23.9 Å². The van der Waals surface area contributed by atoms with Gasteiger partial charge in [0.15, 0.2) is 0 Å². The van der Waals surface area contributed by atoms with Crippen molar-refractivity contribution in [2.75, 3.05) is 54.0 Å². The third-order valence-corrected chi connectivity index (χ3v) is 2.57. The van der Waals surface area contributed by atoms with Crippen LogP contribution in [0.3, 0.4) is 0 Å². The lowest BCUT2D eigenvalue weighted by atomic mass is 10.3. The summed E-state index contributed by atoms with van der Waals surface area (Å²) in [7, 11) is 5.91. The number of methoxy groups -OCH3 is 1. The Hall–Kier alpha value is -0.230. The maximum absolute atomic E-state index is 5.51. The Bertz CT molecular complexity index is 188. The van der Waals surface area contributed by atoms with Crippen molar-refractivity contribution < 1.29 is 4.74 Å². The summed E-state index contributed by atoms with van der Waals surface area (Å²) < 4.78 is 5.09. The minimum atomic E-state index is 0.593. The quantitative estimate of drug-likeness (QED) is 0.572. The number of nitrogens with zero attached hydrogens (tertiary/aromatic N) is 2. The molecule has 0 saturated carbocycles. The molecular weight excluding hydrogens is 222 g/mol. The van der Waals surface area contributed by atoms with Gasteiger partial charge in [-0.1, -0.05) is 12.2 Å². The fourth-order valence-corrected chi connectivity index (χ4v) is 1.53. The van der Waals surface area contributed by atoms with Crippen LogP contribution < -0.4 is 5.73 Å². The molecule has 0 bridgehead atoms. The van der Waals surface area contributed by atoms with Crippen molar-refractivity contribution in [3.63, 3.8) is 0 Å². The van der Waals surface area contributed by atoms with E-state index in [0.717, 1.165) is 45.6 Å². The van der Waals surface area contributed by atoms with Crippen LogP contribution in [0.15, 0.2) is 0 Å². The Morgan fingerprint density at radius 2 is 1.88 bits per heavy atom. The first kappa shape index (κ1) is 15.8. The molecule has 0 aromatic rings. The molecular formula is C11H25N3OS. The van der Waals surface area contributed by atoms with Gasteiger partial charge in [-0.2, -0.15) is 0 Å². The van der Waals surface area contributed by atoms with Crippen LogP contribution in [-0.4, -0.2) is 68.8 Å². The second kappa shape index (κ2) is 9.96. The van der Waals surface area contributed by atoms with Gasteiger partial charge in [0.05, 0.1) is 11.6 Å². The molecule has 0 heterocycles. The minimum absolute atomic E-state index is 0.593. The maximum Gasteiger partial charge on any atom is 0.0740 e. The van der Waals surface area contributed by atoms with Crippen LogP contribution in [0.1, 0.15) is 12.8 Å². The standard InChI is InChI=1S/C11H25N3OS/c1-13(2)6-4-7-14(9-10-15-3)8-5-11(12)16/h4-10H2,1-3H3,(H2,12,16). The fraction of sp³-hybridized carbons (Fsp3) is 0.909. The van der Waals surface area contributed by atoms with Crippen molar-refractivity contribution in [1.29, 1.82) is 0 Å². The van der Waals surface area contributed by atoms with Crippen molar-refractivity contribution in [1.82, 2.24) is 9.80 Å². The molecule has 0 amide bonds. The molecule has 96 valence electrons. The number of rotatable bonds is 10. The number of hydrogen-bond acceptors (Lipinski definition) is 4. The molecule has 16 heavy (non-hydrogen) atoms. The topological polar surface area (TPSA) is 41.7 Å². The summed E-state index contributed by atoms with van der Waals surface area (Å²) in [6.45, 7) is 4.83. The summed E-state index contributed by atoms with van der Waals surface area (Å²) in [6.07, 6.45) is 1.95. The van der Waals surface area contributed by atoms with E-state index in [4.69, 9.17) is 22.7 Å². The lowest BCUT2D eigenvalue weighted by Crippen LogP contribution is -2.33. The summed E-state index contributed by atoms with van der Waals surface area (Å²) in [5.41, 5.74) is 5.51. The zero-order chi connectivity index (χ0) is 12.4. The van der Waals surface area contributed by atoms with E-state index < -0.39 is 0 Å². The highest BCUT2D eigenvalue weighted by Gasteiger charge is 2.05. The minimum Gasteiger partial charge on any atom is -0.393 e.